The molecule has 0 saturated carbocycles. The number of aryl methyl sites for hydroxylation is 2. The molecule has 0 unspecified atom stereocenters. The van der Waals surface area contributed by atoms with Gasteiger partial charge < -0.3 is 4.98 Å². The molecule has 2 heterocycles. The molecule has 0 amide bonds. The number of nitrogens with zero attached hydrogens (tertiary/aromatic N) is 2. The van der Waals surface area contributed by atoms with Crippen molar-refractivity contribution in [2.75, 3.05) is 0 Å². The molecule has 3 heteroatoms. The second kappa shape index (κ2) is 6.10. The summed E-state index contributed by atoms with van der Waals surface area (Å²) in [7, 11) is 0. The SMILES string of the molecule is C1=CC(c2nc3c(n2-c2ccccc2)-c2[nH]c4ccccc4c2CC3)=CCC1. The fourth-order valence-corrected chi connectivity index (χ4v) is 4.60. The molecule has 0 saturated heterocycles. The molecule has 2 aromatic heterocycles. The number of imidazole rings is 1. The van der Waals surface area contributed by atoms with E-state index < -0.39 is 0 Å². The molecule has 4 aromatic rings. The third kappa shape index (κ3) is 2.26. The van der Waals surface area contributed by atoms with Crippen LogP contribution < -0.4 is 0 Å². The summed E-state index contributed by atoms with van der Waals surface area (Å²) in [6.45, 7) is 0. The highest BCUT2D eigenvalue weighted by Gasteiger charge is 2.28. The molecule has 3 nitrogen and oxygen atoms in total. The lowest BCUT2D eigenvalue weighted by Crippen LogP contribution is -2.07. The molecular formula is C25H21N3. The highest BCUT2D eigenvalue weighted by atomic mass is 15.1. The van der Waals surface area contributed by atoms with E-state index in [-0.39, 0.29) is 0 Å². The topological polar surface area (TPSA) is 33.6 Å². The Kier molecular flexibility index (Phi) is 3.42. The van der Waals surface area contributed by atoms with Crippen LogP contribution in [0.15, 0.2) is 72.8 Å². The van der Waals surface area contributed by atoms with E-state index in [0.29, 0.717) is 0 Å². The minimum absolute atomic E-state index is 0.980. The highest BCUT2D eigenvalue weighted by molar-refractivity contribution is 5.92. The Bertz CT molecular complexity index is 1250. The van der Waals surface area contributed by atoms with Crippen molar-refractivity contribution in [2.45, 2.75) is 25.7 Å². The average Bonchev–Trinajstić information content (AvgIpc) is 3.33. The standard InChI is InChI=1S/C25H21N3/c1-3-9-17(10-4-1)25-27-22-16-15-20-19-13-7-8-14-21(19)26-23(20)24(22)28(25)18-11-5-2-6-12-18/h2-3,5-14,26H,1,4,15-16H2. The van der Waals surface area contributed by atoms with Crippen molar-refractivity contribution in [1.82, 2.24) is 14.5 Å². The Morgan fingerprint density at radius 2 is 1.75 bits per heavy atom. The fourth-order valence-electron chi connectivity index (χ4n) is 4.60. The Morgan fingerprint density at radius 1 is 0.893 bits per heavy atom. The van der Waals surface area contributed by atoms with E-state index >= 15 is 0 Å². The van der Waals surface area contributed by atoms with Crippen molar-refractivity contribution in [2.24, 2.45) is 0 Å². The van der Waals surface area contributed by atoms with Gasteiger partial charge in [0.2, 0.25) is 0 Å². The van der Waals surface area contributed by atoms with Gasteiger partial charge in [0, 0.05) is 22.2 Å². The van der Waals surface area contributed by atoms with Gasteiger partial charge in [-0.2, -0.15) is 0 Å². The molecule has 2 aliphatic rings. The van der Waals surface area contributed by atoms with E-state index in [9.17, 15) is 0 Å². The lowest BCUT2D eigenvalue weighted by Gasteiger charge is -2.17. The minimum Gasteiger partial charge on any atom is -0.353 e. The fraction of sp³-hybridized carbons (Fsp3) is 0.160. The number of fused-ring (bicyclic) bond motifs is 5. The lowest BCUT2D eigenvalue weighted by molar-refractivity contribution is 0.908. The Balaban J connectivity index is 1.68. The maximum absolute atomic E-state index is 5.14. The first-order valence-electron chi connectivity index (χ1n) is 10.0. The maximum Gasteiger partial charge on any atom is 0.145 e. The minimum atomic E-state index is 0.980. The molecule has 6 rings (SSSR count). The van der Waals surface area contributed by atoms with Crippen LogP contribution in [0.25, 0.3) is 33.6 Å². The monoisotopic (exact) mass is 363 g/mol. The molecular weight excluding hydrogens is 342 g/mol. The molecule has 0 spiro atoms. The van der Waals surface area contributed by atoms with E-state index in [1.165, 1.54) is 39.1 Å². The van der Waals surface area contributed by atoms with Gasteiger partial charge in [-0.3, -0.25) is 4.57 Å². The molecule has 0 fully saturated rings. The number of benzene rings is 2. The summed E-state index contributed by atoms with van der Waals surface area (Å²) < 4.78 is 2.35. The zero-order valence-corrected chi connectivity index (χ0v) is 15.7. The summed E-state index contributed by atoms with van der Waals surface area (Å²) in [4.78, 5) is 8.84. The van der Waals surface area contributed by atoms with Gasteiger partial charge in [-0.15, -0.1) is 0 Å². The van der Waals surface area contributed by atoms with Gasteiger partial charge in [-0.05, 0) is 49.4 Å². The van der Waals surface area contributed by atoms with Crippen LogP contribution in [0.2, 0.25) is 0 Å². The van der Waals surface area contributed by atoms with Crippen LogP contribution >= 0.6 is 0 Å². The molecule has 2 aromatic carbocycles. The van der Waals surface area contributed by atoms with E-state index in [0.717, 1.165) is 37.2 Å². The van der Waals surface area contributed by atoms with Crippen molar-refractivity contribution in [3.63, 3.8) is 0 Å². The predicted molar refractivity (Wildman–Crippen MR) is 115 cm³/mol. The number of hydrogen-bond donors (Lipinski definition) is 1. The number of hydrogen-bond acceptors (Lipinski definition) is 1. The van der Waals surface area contributed by atoms with E-state index in [4.69, 9.17) is 4.98 Å². The second-order valence-electron chi connectivity index (χ2n) is 7.56. The van der Waals surface area contributed by atoms with Crippen LogP contribution in [0.3, 0.4) is 0 Å². The van der Waals surface area contributed by atoms with Gasteiger partial charge in [-0.25, -0.2) is 4.98 Å². The van der Waals surface area contributed by atoms with Crippen LogP contribution in [0.4, 0.5) is 0 Å². The summed E-state index contributed by atoms with van der Waals surface area (Å²) in [5, 5.41) is 1.34. The Labute approximate surface area is 164 Å². The second-order valence-corrected chi connectivity index (χ2v) is 7.56. The Morgan fingerprint density at radius 3 is 2.61 bits per heavy atom. The van der Waals surface area contributed by atoms with Crippen LogP contribution in [-0.4, -0.2) is 14.5 Å². The zero-order valence-electron chi connectivity index (χ0n) is 15.7. The summed E-state index contributed by atoms with van der Waals surface area (Å²) in [5.74, 6) is 1.05. The van der Waals surface area contributed by atoms with E-state index in [2.05, 4.69) is 82.4 Å². The number of rotatable bonds is 2. The maximum atomic E-state index is 5.14. The van der Waals surface area contributed by atoms with Gasteiger partial charge in [-0.1, -0.05) is 54.6 Å². The summed E-state index contributed by atoms with van der Waals surface area (Å²) in [6.07, 6.45) is 11.0. The average molecular weight is 363 g/mol. The van der Waals surface area contributed by atoms with Crippen molar-refractivity contribution in [3.8, 4) is 17.1 Å². The zero-order chi connectivity index (χ0) is 18.5. The van der Waals surface area contributed by atoms with Gasteiger partial charge in [0.15, 0.2) is 0 Å². The van der Waals surface area contributed by atoms with E-state index in [1.807, 2.05) is 0 Å². The Hall–Kier alpha value is -3.33. The van der Waals surface area contributed by atoms with Crippen molar-refractivity contribution in [1.29, 1.82) is 0 Å². The third-order valence-corrected chi connectivity index (χ3v) is 5.88. The lowest BCUT2D eigenvalue weighted by atomic mass is 9.96. The first-order chi connectivity index (χ1) is 13.9. The quantitative estimate of drug-likeness (QED) is 0.476. The van der Waals surface area contributed by atoms with Crippen molar-refractivity contribution < 1.29 is 0 Å². The van der Waals surface area contributed by atoms with Gasteiger partial charge in [0.1, 0.15) is 5.82 Å². The molecule has 28 heavy (non-hydrogen) atoms. The molecule has 136 valence electrons. The summed E-state index contributed by atoms with van der Waals surface area (Å²) in [6, 6.07) is 19.3. The van der Waals surface area contributed by atoms with Gasteiger partial charge in [0.25, 0.3) is 0 Å². The van der Waals surface area contributed by atoms with Crippen LogP contribution in [-0.2, 0) is 12.8 Å². The van der Waals surface area contributed by atoms with Gasteiger partial charge in [0.05, 0.1) is 17.1 Å². The number of para-hydroxylation sites is 2. The van der Waals surface area contributed by atoms with Crippen molar-refractivity contribution >= 4 is 16.5 Å². The summed E-state index contributed by atoms with van der Waals surface area (Å²) >= 11 is 0. The largest absolute Gasteiger partial charge is 0.353 e. The number of H-pyrrole nitrogens is 1. The number of aromatic amines is 1. The third-order valence-electron chi connectivity index (χ3n) is 5.88. The van der Waals surface area contributed by atoms with Crippen LogP contribution in [0, 0.1) is 0 Å². The van der Waals surface area contributed by atoms with Crippen molar-refractivity contribution in [3.05, 3.63) is 89.9 Å². The van der Waals surface area contributed by atoms with Crippen LogP contribution in [0.5, 0.6) is 0 Å². The molecule has 0 atom stereocenters. The smallest absolute Gasteiger partial charge is 0.145 e. The normalized spacial score (nSPS) is 15.4. The van der Waals surface area contributed by atoms with Crippen LogP contribution in [0.1, 0.15) is 29.9 Å². The number of nitrogens with one attached hydrogen (secondary N) is 1. The molecule has 2 aliphatic carbocycles. The molecule has 1 N–H and O–H groups in total. The van der Waals surface area contributed by atoms with Gasteiger partial charge >= 0.3 is 0 Å². The molecule has 0 bridgehead atoms. The highest BCUT2D eigenvalue weighted by Crippen LogP contribution is 2.40. The first kappa shape index (κ1) is 15.7. The summed E-state index contributed by atoms with van der Waals surface area (Å²) in [5.41, 5.74) is 8.65. The molecule has 0 aliphatic heterocycles. The molecule has 0 radical (unpaired) electrons. The number of allylic oxidation sites excluding steroid dienone is 4. The predicted octanol–water partition coefficient (Wildman–Crippen LogP) is 5.85. The van der Waals surface area contributed by atoms with E-state index in [1.54, 1.807) is 0 Å². The number of aromatic nitrogens is 3. The first-order valence-corrected chi connectivity index (χ1v) is 10.0.